The van der Waals surface area contributed by atoms with Gasteiger partial charge in [0.05, 0.1) is 6.54 Å². The van der Waals surface area contributed by atoms with E-state index in [0.29, 0.717) is 30.7 Å². The Balaban J connectivity index is 2.13. The lowest BCUT2D eigenvalue weighted by molar-refractivity contribution is -0.125. The highest BCUT2D eigenvalue weighted by atomic mass is 16.5. The van der Waals surface area contributed by atoms with E-state index in [9.17, 15) is 19.2 Å². The van der Waals surface area contributed by atoms with Crippen molar-refractivity contribution in [3.8, 4) is 5.75 Å². The summed E-state index contributed by atoms with van der Waals surface area (Å²) in [5.41, 5.74) is 0.305. The number of imide groups is 1. The van der Waals surface area contributed by atoms with Crippen LogP contribution in [-0.4, -0.2) is 41.1 Å². The van der Waals surface area contributed by atoms with Gasteiger partial charge in [0.15, 0.2) is 11.9 Å². The molecule has 134 valence electrons. The summed E-state index contributed by atoms with van der Waals surface area (Å²) >= 11 is 0. The van der Waals surface area contributed by atoms with Gasteiger partial charge < -0.3 is 9.64 Å². The lowest BCUT2D eigenvalue weighted by Gasteiger charge is -2.24. The largest absolute Gasteiger partial charge is 0.480 e. The van der Waals surface area contributed by atoms with E-state index in [-0.39, 0.29) is 24.3 Å². The Labute approximate surface area is 146 Å². The van der Waals surface area contributed by atoms with Gasteiger partial charge in [-0.2, -0.15) is 0 Å². The predicted octanol–water partition coefficient (Wildman–Crippen LogP) is 1.44. The first kappa shape index (κ1) is 18.6. The highest BCUT2D eigenvalue weighted by molar-refractivity contribution is 5.99. The van der Waals surface area contributed by atoms with Crippen molar-refractivity contribution in [2.24, 2.45) is 0 Å². The number of fused-ring (bicyclic) bond motifs is 1. The summed E-state index contributed by atoms with van der Waals surface area (Å²) in [6.45, 7) is 5.52. The van der Waals surface area contributed by atoms with Crippen LogP contribution in [0, 0.1) is 0 Å². The number of rotatable bonds is 8. The maximum Gasteiger partial charge on any atom is 0.254 e. The van der Waals surface area contributed by atoms with Crippen LogP contribution in [0.2, 0.25) is 0 Å². The summed E-state index contributed by atoms with van der Waals surface area (Å²) in [5.74, 6) is 0.00627. The number of amides is 3. The molecular weight excluding hydrogens is 324 g/mol. The second-order valence-electron chi connectivity index (χ2n) is 6.61. The highest BCUT2D eigenvalue weighted by Gasteiger charge is 2.34. The van der Waals surface area contributed by atoms with Crippen LogP contribution in [0.4, 0.5) is 0 Å². The van der Waals surface area contributed by atoms with Gasteiger partial charge in [0, 0.05) is 23.6 Å². The average molecular weight is 346 g/mol. The van der Waals surface area contributed by atoms with Crippen molar-refractivity contribution < 1.29 is 23.9 Å². The molecule has 7 heteroatoms. The van der Waals surface area contributed by atoms with E-state index in [4.69, 9.17) is 4.74 Å². The first-order valence-electron chi connectivity index (χ1n) is 8.10. The number of carbonyl (C=O) groups is 4. The number of hydrogen-bond acceptors (Lipinski definition) is 5. The number of carbonyl (C=O) groups excluding carboxylic acids is 4. The van der Waals surface area contributed by atoms with Gasteiger partial charge in [-0.25, -0.2) is 0 Å². The van der Waals surface area contributed by atoms with Crippen LogP contribution in [-0.2, 0) is 20.9 Å². The fraction of sp³-hybridized carbons (Fsp3) is 0.444. The zero-order valence-electron chi connectivity index (χ0n) is 14.6. The SMILES string of the molecule is CC(CCC(=O)NC=O)N1Cc2c(OC(C)(C)C=O)cccc2C1=O. The predicted molar refractivity (Wildman–Crippen MR) is 90.0 cm³/mol. The summed E-state index contributed by atoms with van der Waals surface area (Å²) < 4.78 is 5.75. The van der Waals surface area contributed by atoms with E-state index < -0.39 is 5.60 Å². The van der Waals surface area contributed by atoms with Gasteiger partial charge in [0.1, 0.15) is 5.75 Å². The second kappa shape index (κ2) is 7.46. The molecule has 1 aliphatic rings. The summed E-state index contributed by atoms with van der Waals surface area (Å²) in [6.07, 6.45) is 1.66. The second-order valence-corrected chi connectivity index (χ2v) is 6.61. The number of aldehydes is 1. The molecule has 3 amide bonds. The van der Waals surface area contributed by atoms with E-state index in [1.807, 2.05) is 6.92 Å². The number of nitrogens with zero attached hydrogens (tertiary/aromatic N) is 1. The quantitative estimate of drug-likeness (QED) is 0.719. The number of nitrogens with one attached hydrogen (secondary N) is 1. The van der Waals surface area contributed by atoms with Crippen molar-refractivity contribution >= 4 is 24.5 Å². The maximum absolute atomic E-state index is 12.6. The maximum atomic E-state index is 12.6. The molecule has 2 rings (SSSR count). The zero-order chi connectivity index (χ0) is 18.6. The Hall–Kier alpha value is -2.70. The van der Waals surface area contributed by atoms with Gasteiger partial charge in [-0.05, 0) is 39.3 Å². The number of hydrogen-bond donors (Lipinski definition) is 1. The zero-order valence-corrected chi connectivity index (χ0v) is 14.6. The number of benzene rings is 1. The minimum absolute atomic E-state index is 0.132. The fourth-order valence-electron chi connectivity index (χ4n) is 2.72. The summed E-state index contributed by atoms with van der Waals surface area (Å²) in [5, 5.41) is 2.09. The Bertz CT molecular complexity index is 699. The third-order valence-corrected chi connectivity index (χ3v) is 4.15. The molecule has 1 atom stereocenters. The standard InChI is InChI=1S/C18H22N2O5/c1-12(7-8-16(23)19-11-22)20-9-14-13(17(20)24)5-4-6-15(14)25-18(2,3)10-21/h4-6,10-12H,7-9H2,1-3H3,(H,19,22,23). The molecule has 1 aromatic rings. The van der Waals surface area contributed by atoms with Crippen LogP contribution < -0.4 is 10.1 Å². The fourth-order valence-corrected chi connectivity index (χ4v) is 2.72. The van der Waals surface area contributed by atoms with Crippen LogP contribution in [0.1, 0.15) is 49.5 Å². The first-order chi connectivity index (χ1) is 11.8. The molecule has 0 bridgehead atoms. The first-order valence-corrected chi connectivity index (χ1v) is 8.10. The van der Waals surface area contributed by atoms with Crippen LogP contribution in [0.15, 0.2) is 18.2 Å². The molecule has 0 spiro atoms. The van der Waals surface area contributed by atoms with Crippen molar-refractivity contribution in [3.63, 3.8) is 0 Å². The van der Waals surface area contributed by atoms with Gasteiger partial charge in [0.2, 0.25) is 12.3 Å². The molecule has 0 saturated carbocycles. The minimum Gasteiger partial charge on any atom is -0.480 e. The molecule has 0 aliphatic carbocycles. The van der Waals surface area contributed by atoms with Crippen molar-refractivity contribution in [3.05, 3.63) is 29.3 Å². The Morgan fingerprint density at radius 3 is 2.76 bits per heavy atom. The van der Waals surface area contributed by atoms with Crippen LogP contribution in [0.25, 0.3) is 0 Å². The molecule has 0 radical (unpaired) electrons. The molecule has 1 aromatic carbocycles. The Morgan fingerprint density at radius 2 is 2.12 bits per heavy atom. The molecule has 1 heterocycles. The minimum atomic E-state index is -0.982. The molecule has 25 heavy (non-hydrogen) atoms. The topological polar surface area (TPSA) is 92.8 Å². The van der Waals surface area contributed by atoms with Crippen LogP contribution >= 0.6 is 0 Å². The molecule has 7 nitrogen and oxygen atoms in total. The van der Waals surface area contributed by atoms with E-state index in [0.717, 1.165) is 11.8 Å². The van der Waals surface area contributed by atoms with Gasteiger partial charge >= 0.3 is 0 Å². The van der Waals surface area contributed by atoms with Gasteiger partial charge in [-0.3, -0.25) is 24.5 Å². The highest BCUT2D eigenvalue weighted by Crippen LogP contribution is 2.34. The number of ether oxygens (including phenoxy) is 1. The molecule has 0 aromatic heterocycles. The lowest BCUT2D eigenvalue weighted by Crippen LogP contribution is -2.34. The lowest BCUT2D eigenvalue weighted by atomic mass is 10.1. The third-order valence-electron chi connectivity index (χ3n) is 4.15. The Kier molecular flexibility index (Phi) is 5.56. The van der Waals surface area contributed by atoms with Crippen LogP contribution in [0.5, 0.6) is 5.75 Å². The molecule has 0 fully saturated rings. The molecule has 0 saturated heterocycles. The summed E-state index contributed by atoms with van der Waals surface area (Å²) in [4.78, 5) is 47.1. The van der Waals surface area contributed by atoms with Gasteiger partial charge in [-0.15, -0.1) is 0 Å². The average Bonchev–Trinajstić information content (AvgIpc) is 2.91. The molecule has 1 N–H and O–H groups in total. The van der Waals surface area contributed by atoms with Crippen molar-refractivity contribution in [2.75, 3.05) is 0 Å². The molecule has 1 aliphatic heterocycles. The molecular formula is C18H22N2O5. The molecule has 1 unspecified atom stereocenters. The van der Waals surface area contributed by atoms with E-state index >= 15 is 0 Å². The van der Waals surface area contributed by atoms with E-state index in [2.05, 4.69) is 5.32 Å². The van der Waals surface area contributed by atoms with Crippen LogP contribution in [0.3, 0.4) is 0 Å². The van der Waals surface area contributed by atoms with Crippen molar-refractivity contribution in [1.29, 1.82) is 0 Å². The normalized spacial score (nSPS) is 14.7. The Morgan fingerprint density at radius 1 is 1.40 bits per heavy atom. The summed E-state index contributed by atoms with van der Waals surface area (Å²) in [6, 6.07) is 5.01. The van der Waals surface area contributed by atoms with Gasteiger partial charge in [0.25, 0.3) is 5.91 Å². The van der Waals surface area contributed by atoms with Crippen molar-refractivity contribution in [1.82, 2.24) is 10.2 Å². The van der Waals surface area contributed by atoms with E-state index in [1.54, 1.807) is 36.9 Å². The summed E-state index contributed by atoms with van der Waals surface area (Å²) in [7, 11) is 0. The monoisotopic (exact) mass is 346 g/mol. The third kappa shape index (κ3) is 4.23. The van der Waals surface area contributed by atoms with Crippen molar-refractivity contribution in [2.45, 2.75) is 51.8 Å². The van der Waals surface area contributed by atoms with Gasteiger partial charge in [-0.1, -0.05) is 6.07 Å². The van der Waals surface area contributed by atoms with E-state index in [1.165, 1.54) is 0 Å². The smallest absolute Gasteiger partial charge is 0.254 e.